The predicted octanol–water partition coefficient (Wildman–Crippen LogP) is 2.62. The third kappa shape index (κ3) is 5.73. The van der Waals surface area contributed by atoms with E-state index in [1.54, 1.807) is 0 Å². The van der Waals surface area contributed by atoms with Crippen molar-refractivity contribution in [2.24, 2.45) is 11.1 Å². The molecule has 1 rings (SSSR count). The van der Waals surface area contributed by atoms with Crippen LogP contribution in [0.3, 0.4) is 0 Å². The predicted molar refractivity (Wildman–Crippen MR) is 74.3 cm³/mol. The van der Waals surface area contributed by atoms with Crippen LogP contribution in [0.5, 0.6) is 0 Å². The number of hydrogen-bond acceptors (Lipinski definition) is 2. The maximum atomic E-state index is 11.6. The summed E-state index contributed by atoms with van der Waals surface area (Å²) in [5.41, 5.74) is 6.06. The van der Waals surface area contributed by atoms with Gasteiger partial charge in [-0.1, -0.05) is 19.8 Å². The van der Waals surface area contributed by atoms with E-state index in [-0.39, 0.29) is 24.4 Å². The van der Waals surface area contributed by atoms with Crippen molar-refractivity contribution in [3.63, 3.8) is 0 Å². The lowest BCUT2D eigenvalue weighted by Gasteiger charge is -2.42. The Hall–Kier alpha value is -0.280. The fourth-order valence-electron chi connectivity index (χ4n) is 2.46. The first-order chi connectivity index (χ1) is 7.58. The molecule has 0 saturated heterocycles. The number of rotatable bonds is 7. The highest BCUT2D eigenvalue weighted by Gasteiger charge is 2.35. The van der Waals surface area contributed by atoms with E-state index in [4.69, 9.17) is 5.73 Å². The molecule has 1 aliphatic rings. The molecule has 0 radical (unpaired) electrons. The van der Waals surface area contributed by atoms with Crippen molar-refractivity contribution in [1.29, 1.82) is 0 Å². The minimum absolute atomic E-state index is 0. The van der Waals surface area contributed by atoms with Gasteiger partial charge in [-0.3, -0.25) is 4.79 Å². The normalized spacial score (nSPS) is 18.8. The molecule has 1 unspecified atom stereocenters. The van der Waals surface area contributed by atoms with Gasteiger partial charge in [-0.25, -0.2) is 0 Å². The topological polar surface area (TPSA) is 55.1 Å². The van der Waals surface area contributed by atoms with Crippen LogP contribution in [-0.4, -0.2) is 18.5 Å². The molecule has 0 bridgehead atoms. The zero-order valence-electron chi connectivity index (χ0n) is 11.1. The molecular weight excluding hydrogens is 236 g/mol. The smallest absolute Gasteiger partial charge is 0.220 e. The fraction of sp³-hybridized carbons (Fsp3) is 0.923. The summed E-state index contributed by atoms with van der Waals surface area (Å²) >= 11 is 0. The van der Waals surface area contributed by atoms with Crippen LogP contribution in [0.1, 0.15) is 58.8 Å². The van der Waals surface area contributed by atoms with E-state index in [1.807, 2.05) is 6.92 Å². The van der Waals surface area contributed by atoms with Crippen molar-refractivity contribution in [1.82, 2.24) is 5.32 Å². The molecule has 0 aliphatic heterocycles. The van der Waals surface area contributed by atoms with Gasteiger partial charge in [0.05, 0.1) is 0 Å². The largest absolute Gasteiger partial charge is 0.356 e. The number of carbonyl (C=O) groups is 1. The van der Waals surface area contributed by atoms with Gasteiger partial charge in [-0.05, 0) is 38.0 Å². The summed E-state index contributed by atoms with van der Waals surface area (Å²) in [4.78, 5) is 11.6. The van der Waals surface area contributed by atoms with Crippen LogP contribution in [0.15, 0.2) is 0 Å². The summed E-state index contributed by atoms with van der Waals surface area (Å²) in [5.74, 6) is 0.166. The molecule has 0 heterocycles. The Morgan fingerprint density at radius 2 is 2.12 bits per heavy atom. The molecular formula is C13H27ClN2O. The molecule has 1 aliphatic carbocycles. The molecule has 4 heteroatoms. The van der Waals surface area contributed by atoms with Crippen LogP contribution in [0, 0.1) is 5.41 Å². The van der Waals surface area contributed by atoms with E-state index >= 15 is 0 Å². The second kappa shape index (κ2) is 7.93. The van der Waals surface area contributed by atoms with E-state index in [2.05, 4.69) is 12.2 Å². The molecule has 102 valence electrons. The van der Waals surface area contributed by atoms with Gasteiger partial charge in [0.15, 0.2) is 0 Å². The number of carbonyl (C=O) groups excluding carboxylic acids is 1. The zero-order valence-corrected chi connectivity index (χ0v) is 11.9. The van der Waals surface area contributed by atoms with Gasteiger partial charge in [0.1, 0.15) is 0 Å². The minimum Gasteiger partial charge on any atom is -0.356 e. The third-order valence-corrected chi connectivity index (χ3v) is 3.68. The average Bonchev–Trinajstić information content (AvgIpc) is 2.18. The van der Waals surface area contributed by atoms with E-state index in [0.717, 1.165) is 13.0 Å². The first-order valence-electron chi connectivity index (χ1n) is 6.60. The Bertz CT molecular complexity index is 227. The maximum absolute atomic E-state index is 11.6. The summed E-state index contributed by atoms with van der Waals surface area (Å²) in [6.45, 7) is 5.04. The summed E-state index contributed by atoms with van der Waals surface area (Å²) in [5, 5.41) is 3.07. The van der Waals surface area contributed by atoms with Crippen molar-refractivity contribution < 1.29 is 4.79 Å². The van der Waals surface area contributed by atoms with Gasteiger partial charge in [-0.15, -0.1) is 12.4 Å². The molecule has 3 N–H and O–H groups in total. The Kier molecular flexibility index (Phi) is 7.80. The summed E-state index contributed by atoms with van der Waals surface area (Å²) in [6, 6.07) is 0.124. The van der Waals surface area contributed by atoms with Crippen molar-refractivity contribution in [2.45, 2.75) is 64.8 Å². The molecule has 17 heavy (non-hydrogen) atoms. The van der Waals surface area contributed by atoms with E-state index in [9.17, 15) is 4.79 Å². The van der Waals surface area contributed by atoms with E-state index in [1.165, 1.54) is 32.1 Å². The molecule has 1 atom stereocenters. The second-order valence-electron chi connectivity index (χ2n) is 5.40. The summed E-state index contributed by atoms with van der Waals surface area (Å²) in [7, 11) is 0. The third-order valence-electron chi connectivity index (χ3n) is 3.68. The second-order valence-corrected chi connectivity index (χ2v) is 5.40. The number of nitrogens with two attached hydrogens (primary N) is 1. The molecule has 0 aromatic heterocycles. The van der Waals surface area contributed by atoms with Gasteiger partial charge in [0.25, 0.3) is 0 Å². The lowest BCUT2D eigenvalue weighted by molar-refractivity contribution is -0.122. The lowest BCUT2D eigenvalue weighted by Crippen LogP contribution is -2.42. The Balaban J connectivity index is 0.00000256. The lowest BCUT2D eigenvalue weighted by atomic mass is 9.66. The first-order valence-corrected chi connectivity index (χ1v) is 6.60. The van der Waals surface area contributed by atoms with Gasteiger partial charge in [-0.2, -0.15) is 0 Å². The number of nitrogens with one attached hydrogen (secondary N) is 1. The average molecular weight is 263 g/mol. The quantitative estimate of drug-likeness (QED) is 0.741. The Morgan fingerprint density at radius 3 is 2.53 bits per heavy atom. The highest BCUT2D eigenvalue weighted by molar-refractivity contribution is 5.85. The Morgan fingerprint density at radius 1 is 1.47 bits per heavy atom. The van der Waals surface area contributed by atoms with Gasteiger partial charge < -0.3 is 11.1 Å². The minimum atomic E-state index is 0. The van der Waals surface area contributed by atoms with Crippen LogP contribution in [0.25, 0.3) is 0 Å². The van der Waals surface area contributed by atoms with Crippen molar-refractivity contribution in [3.05, 3.63) is 0 Å². The van der Waals surface area contributed by atoms with Gasteiger partial charge in [0, 0.05) is 19.0 Å². The van der Waals surface area contributed by atoms with E-state index in [0.29, 0.717) is 11.8 Å². The van der Waals surface area contributed by atoms with E-state index < -0.39 is 0 Å². The standard InChI is InChI=1S/C13H26N2O.ClH/c1-3-7-13(8-4-9-13)10-15-12(16)6-5-11(2)14;/h11H,3-10,14H2,1-2H3,(H,15,16);1H. The van der Waals surface area contributed by atoms with Crippen molar-refractivity contribution in [3.8, 4) is 0 Å². The number of hydrogen-bond donors (Lipinski definition) is 2. The van der Waals surface area contributed by atoms with Crippen LogP contribution < -0.4 is 11.1 Å². The monoisotopic (exact) mass is 262 g/mol. The SMILES string of the molecule is CCCC1(CNC(=O)CCC(C)N)CCC1.Cl. The fourth-order valence-corrected chi connectivity index (χ4v) is 2.46. The summed E-state index contributed by atoms with van der Waals surface area (Å²) < 4.78 is 0. The molecule has 1 fully saturated rings. The van der Waals surface area contributed by atoms with Crippen LogP contribution in [0.4, 0.5) is 0 Å². The summed E-state index contributed by atoms with van der Waals surface area (Å²) in [6.07, 6.45) is 7.72. The van der Waals surface area contributed by atoms with Crippen LogP contribution in [-0.2, 0) is 4.79 Å². The zero-order chi connectivity index (χ0) is 12.0. The molecule has 0 aromatic carbocycles. The van der Waals surface area contributed by atoms with Crippen LogP contribution in [0.2, 0.25) is 0 Å². The molecule has 0 spiro atoms. The molecule has 0 aromatic rings. The first kappa shape index (κ1) is 16.7. The Labute approximate surface area is 111 Å². The molecule has 3 nitrogen and oxygen atoms in total. The van der Waals surface area contributed by atoms with Crippen LogP contribution >= 0.6 is 12.4 Å². The molecule has 1 amide bonds. The molecule has 1 saturated carbocycles. The maximum Gasteiger partial charge on any atom is 0.220 e. The number of halogens is 1. The van der Waals surface area contributed by atoms with Crippen molar-refractivity contribution in [2.75, 3.05) is 6.54 Å². The highest BCUT2D eigenvalue weighted by Crippen LogP contribution is 2.44. The highest BCUT2D eigenvalue weighted by atomic mass is 35.5. The van der Waals surface area contributed by atoms with Crippen molar-refractivity contribution >= 4 is 18.3 Å². The van der Waals surface area contributed by atoms with Gasteiger partial charge >= 0.3 is 0 Å². The van der Waals surface area contributed by atoms with Gasteiger partial charge in [0.2, 0.25) is 5.91 Å². The number of amides is 1.